The highest BCUT2D eigenvalue weighted by Gasteiger charge is 1.96. The summed E-state index contributed by atoms with van der Waals surface area (Å²) < 4.78 is 0. The Kier molecular flexibility index (Phi) is 21.7. The van der Waals surface area contributed by atoms with Crippen LogP contribution in [0.5, 0.6) is 0 Å². The van der Waals surface area contributed by atoms with Crippen LogP contribution in [-0.2, 0) is 0 Å². The highest BCUT2D eigenvalue weighted by atomic mass is 14.2. The van der Waals surface area contributed by atoms with Gasteiger partial charge in [0, 0.05) is 12.0 Å². The van der Waals surface area contributed by atoms with E-state index in [-0.39, 0.29) is 0 Å². The topological polar surface area (TPSA) is 47.6 Å². The van der Waals surface area contributed by atoms with Gasteiger partial charge >= 0.3 is 0 Å². The summed E-state index contributed by atoms with van der Waals surface area (Å²) in [6.07, 6.45) is 27.2. The Balaban J connectivity index is 3.02. The SMILES string of the molecule is C=C(C#N)CCCCCCCCCCCCCCCCCCCCCC#N. The third-order valence-electron chi connectivity index (χ3n) is 5.43. The van der Waals surface area contributed by atoms with Crippen LogP contribution < -0.4 is 0 Å². The standard InChI is InChI=1S/C25H44N2/c1-25(24-27)22-20-18-16-14-12-10-8-6-4-2-3-5-7-9-11-13-15-17-19-21-23-26/h1-22H2. The zero-order valence-electron chi connectivity index (χ0n) is 18.0. The Labute approximate surface area is 170 Å². The number of unbranched alkanes of at least 4 members (excludes halogenated alkanes) is 19. The van der Waals surface area contributed by atoms with Gasteiger partial charge in [-0.2, -0.15) is 10.5 Å². The first-order chi connectivity index (χ1) is 13.3. The van der Waals surface area contributed by atoms with E-state index in [2.05, 4.69) is 18.7 Å². The summed E-state index contributed by atoms with van der Waals surface area (Å²) in [6.45, 7) is 3.73. The third kappa shape index (κ3) is 22.7. The first-order valence-electron chi connectivity index (χ1n) is 11.8. The maximum atomic E-state index is 8.64. The lowest BCUT2D eigenvalue weighted by atomic mass is 10.0. The van der Waals surface area contributed by atoms with Crippen LogP contribution in [0.3, 0.4) is 0 Å². The molecular weight excluding hydrogens is 328 g/mol. The summed E-state index contributed by atoms with van der Waals surface area (Å²) in [4.78, 5) is 0. The maximum absolute atomic E-state index is 8.64. The summed E-state index contributed by atoms with van der Waals surface area (Å²) >= 11 is 0. The zero-order chi connectivity index (χ0) is 19.8. The zero-order valence-corrected chi connectivity index (χ0v) is 18.0. The smallest absolute Gasteiger partial charge is 0.0940 e. The second kappa shape index (κ2) is 22.8. The van der Waals surface area contributed by atoms with Crippen molar-refractivity contribution in [3.05, 3.63) is 12.2 Å². The molecule has 0 unspecified atom stereocenters. The van der Waals surface area contributed by atoms with Crippen LogP contribution in [0, 0.1) is 22.7 Å². The second-order valence-electron chi connectivity index (χ2n) is 8.09. The average molecular weight is 373 g/mol. The molecule has 0 aliphatic carbocycles. The van der Waals surface area contributed by atoms with E-state index >= 15 is 0 Å². The molecule has 2 heteroatoms. The largest absolute Gasteiger partial charge is 0.198 e. The van der Waals surface area contributed by atoms with Gasteiger partial charge in [0.15, 0.2) is 0 Å². The van der Waals surface area contributed by atoms with Crippen molar-refractivity contribution in [1.29, 1.82) is 10.5 Å². The number of nitrogens with zero attached hydrogens (tertiary/aromatic N) is 2. The summed E-state index contributed by atoms with van der Waals surface area (Å²) in [5.41, 5.74) is 0.735. The summed E-state index contributed by atoms with van der Waals surface area (Å²) in [7, 11) is 0. The molecule has 0 aliphatic heterocycles. The van der Waals surface area contributed by atoms with E-state index in [0.717, 1.165) is 31.3 Å². The van der Waals surface area contributed by atoms with E-state index in [0.29, 0.717) is 0 Å². The molecule has 0 fully saturated rings. The van der Waals surface area contributed by atoms with Crippen LogP contribution in [-0.4, -0.2) is 0 Å². The lowest BCUT2D eigenvalue weighted by Gasteiger charge is -2.04. The molecule has 0 spiro atoms. The van der Waals surface area contributed by atoms with Gasteiger partial charge in [0.05, 0.1) is 12.1 Å². The van der Waals surface area contributed by atoms with E-state index < -0.39 is 0 Å². The van der Waals surface area contributed by atoms with Crippen molar-refractivity contribution >= 4 is 0 Å². The molecule has 0 heterocycles. The minimum atomic E-state index is 0.735. The van der Waals surface area contributed by atoms with Crippen molar-refractivity contribution in [2.75, 3.05) is 0 Å². The normalized spacial score (nSPS) is 10.4. The fourth-order valence-electron chi connectivity index (χ4n) is 3.60. The van der Waals surface area contributed by atoms with Crippen molar-refractivity contribution in [1.82, 2.24) is 0 Å². The quantitative estimate of drug-likeness (QED) is 0.149. The fourth-order valence-corrected chi connectivity index (χ4v) is 3.60. The van der Waals surface area contributed by atoms with Gasteiger partial charge in [-0.15, -0.1) is 0 Å². The second-order valence-corrected chi connectivity index (χ2v) is 8.09. The number of allylic oxidation sites excluding steroid dienone is 1. The van der Waals surface area contributed by atoms with Gasteiger partial charge in [-0.05, 0) is 19.3 Å². The molecule has 0 aromatic carbocycles. The molecule has 0 aromatic heterocycles. The summed E-state index contributed by atoms with van der Waals surface area (Å²) in [6, 6.07) is 4.35. The maximum Gasteiger partial charge on any atom is 0.0940 e. The van der Waals surface area contributed by atoms with Crippen molar-refractivity contribution < 1.29 is 0 Å². The van der Waals surface area contributed by atoms with Gasteiger partial charge < -0.3 is 0 Å². The van der Waals surface area contributed by atoms with Crippen molar-refractivity contribution in [3.63, 3.8) is 0 Å². The number of nitriles is 2. The van der Waals surface area contributed by atoms with Crippen LogP contribution in [0.2, 0.25) is 0 Å². The predicted molar refractivity (Wildman–Crippen MR) is 117 cm³/mol. The van der Waals surface area contributed by atoms with Gasteiger partial charge in [-0.3, -0.25) is 0 Å². The van der Waals surface area contributed by atoms with Gasteiger partial charge in [-0.1, -0.05) is 116 Å². The number of hydrogen-bond donors (Lipinski definition) is 0. The van der Waals surface area contributed by atoms with Crippen molar-refractivity contribution in [3.8, 4) is 12.1 Å². The average Bonchev–Trinajstić information content (AvgIpc) is 2.68. The molecule has 154 valence electrons. The van der Waals surface area contributed by atoms with E-state index in [4.69, 9.17) is 10.5 Å². The number of hydrogen-bond acceptors (Lipinski definition) is 2. The van der Waals surface area contributed by atoms with E-state index in [1.54, 1.807) is 0 Å². The molecule has 0 radical (unpaired) electrons. The molecule has 0 bridgehead atoms. The molecule has 0 amide bonds. The molecular formula is C25H44N2. The van der Waals surface area contributed by atoms with E-state index in [1.165, 1.54) is 109 Å². The first-order valence-corrected chi connectivity index (χ1v) is 11.8. The van der Waals surface area contributed by atoms with Gasteiger partial charge in [0.2, 0.25) is 0 Å². The Morgan fingerprint density at radius 3 is 1.07 bits per heavy atom. The predicted octanol–water partition coefficient (Wildman–Crippen LogP) is 8.78. The van der Waals surface area contributed by atoms with Gasteiger partial charge in [-0.25, -0.2) is 0 Å². The summed E-state index contributed by atoms with van der Waals surface area (Å²) in [5, 5.41) is 17.1. The first kappa shape index (κ1) is 25.7. The molecule has 0 saturated carbocycles. The molecule has 0 saturated heterocycles. The summed E-state index contributed by atoms with van der Waals surface area (Å²) in [5.74, 6) is 0. The van der Waals surface area contributed by atoms with E-state index in [1.807, 2.05) is 0 Å². The molecule has 0 N–H and O–H groups in total. The van der Waals surface area contributed by atoms with Gasteiger partial charge in [0.1, 0.15) is 0 Å². The van der Waals surface area contributed by atoms with Crippen LogP contribution in [0.25, 0.3) is 0 Å². The lowest BCUT2D eigenvalue weighted by molar-refractivity contribution is 0.522. The Hall–Kier alpha value is -1.28. The third-order valence-corrected chi connectivity index (χ3v) is 5.43. The molecule has 0 aromatic rings. The molecule has 27 heavy (non-hydrogen) atoms. The number of rotatable bonds is 21. The van der Waals surface area contributed by atoms with Crippen molar-refractivity contribution in [2.45, 2.75) is 135 Å². The van der Waals surface area contributed by atoms with Crippen LogP contribution in [0.4, 0.5) is 0 Å². The Bertz CT molecular complexity index is 400. The van der Waals surface area contributed by atoms with Crippen LogP contribution >= 0.6 is 0 Å². The Morgan fingerprint density at radius 1 is 0.481 bits per heavy atom. The Morgan fingerprint density at radius 2 is 0.778 bits per heavy atom. The molecule has 0 aliphatic rings. The fraction of sp³-hybridized carbons (Fsp3) is 0.840. The molecule has 0 rings (SSSR count). The van der Waals surface area contributed by atoms with Crippen LogP contribution in [0.15, 0.2) is 12.2 Å². The molecule has 2 nitrogen and oxygen atoms in total. The van der Waals surface area contributed by atoms with Crippen molar-refractivity contribution in [2.24, 2.45) is 0 Å². The monoisotopic (exact) mass is 372 g/mol. The minimum absolute atomic E-state index is 0.735. The minimum Gasteiger partial charge on any atom is -0.198 e. The lowest BCUT2D eigenvalue weighted by Crippen LogP contribution is -1.84. The van der Waals surface area contributed by atoms with E-state index in [9.17, 15) is 0 Å². The molecule has 0 atom stereocenters. The van der Waals surface area contributed by atoms with Crippen LogP contribution in [0.1, 0.15) is 135 Å². The highest BCUT2D eigenvalue weighted by molar-refractivity contribution is 5.14. The van der Waals surface area contributed by atoms with Gasteiger partial charge in [0.25, 0.3) is 0 Å². The highest BCUT2D eigenvalue weighted by Crippen LogP contribution is 2.15.